The van der Waals surface area contributed by atoms with Gasteiger partial charge in [-0.15, -0.1) is 11.3 Å². The lowest BCUT2D eigenvalue weighted by Gasteiger charge is -2.37. The van der Waals surface area contributed by atoms with Gasteiger partial charge >= 0.3 is 0 Å². The number of hydrogen-bond donors (Lipinski definition) is 0. The molecule has 0 radical (unpaired) electrons. The van der Waals surface area contributed by atoms with Gasteiger partial charge in [-0.2, -0.15) is 4.98 Å². The van der Waals surface area contributed by atoms with Gasteiger partial charge in [-0.25, -0.2) is 0 Å². The van der Waals surface area contributed by atoms with Crippen LogP contribution >= 0.6 is 27.3 Å². The maximum atomic E-state index is 5.42. The molecule has 0 atom stereocenters. The number of halogens is 1. The summed E-state index contributed by atoms with van der Waals surface area (Å²) in [5.74, 6) is 1.82. The fourth-order valence-corrected chi connectivity index (χ4v) is 3.75. The van der Waals surface area contributed by atoms with Gasteiger partial charge in [0.25, 0.3) is 0 Å². The number of likely N-dealkylation sites (tertiary alicyclic amines) is 1. The second kappa shape index (κ2) is 5.95. The summed E-state index contributed by atoms with van der Waals surface area (Å²) >= 11 is 5.14. The topological polar surface area (TPSA) is 42.2 Å². The number of rotatable bonds is 4. The standard InChI is InChI=1S/C16H14BrN3OS/c17-13-4-1-3-11(7-13)8-20-9-12(10-20)16-18-15(19-21-16)14-5-2-6-22-14/h1-7,12H,8-10H2. The monoisotopic (exact) mass is 375 g/mol. The van der Waals surface area contributed by atoms with Gasteiger partial charge in [0.15, 0.2) is 0 Å². The Kier molecular flexibility index (Phi) is 3.82. The van der Waals surface area contributed by atoms with Gasteiger partial charge < -0.3 is 4.52 Å². The van der Waals surface area contributed by atoms with Crippen LogP contribution < -0.4 is 0 Å². The summed E-state index contributed by atoms with van der Waals surface area (Å²) in [5, 5.41) is 6.10. The molecule has 112 valence electrons. The predicted octanol–water partition coefficient (Wildman–Crippen LogP) is 4.16. The molecule has 4 rings (SSSR count). The molecule has 1 fully saturated rings. The van der Waals surface area contributed by atoms with E-state index in [0.717, 1.165) is 34.9 Å². The average molecular weight is 376 g/mol. The zero-order valence-electron chi connectivity index (χ0n) is 11.8. The van der Waals surface area contributed by atoms with E-state index in [1.165, 1.54) is 5.56 Å². The highest BCUT2D eigenvalue weighted by Crippen LogP contribution is 2.30. The van der Waals surface area contributed by atoms with Crippen LogP contribution in [0, 0.1) is 0 Å². The number of nitrogens with zero attached hydrogens (tertiary/aromatic N) is 3. The van der Waals surface area contributed by atoms with Crippen LogP contribution in [0.4, 0.5) is 0 Å². The maximum absolute atomic E-state index is 5.42. The van der Waals surface area contributed by atoms with E-state index in [-0.39, 0.29) is 0 Å². The average Bonchev–Trinajstić information content (AvgIpc) is 3.13. The summed E-state index contributed by atoms with van der Waals surface area (Å²) in [6, 6.07) is 12.4. The lowest BCUT2D eigenvalue weighted by molar-refractivity contribution is 0.117. The second-order valence-electron chi connectivity index (χ2n) is 5.45. The Labute approximate surface area is 140 Å². The zero-order valence-corrected chi connectivity index (χ0v) is 14.2. The highest BCUT2D eigenvalue weighted by molar-refractivity contribution is 9.10. The number of aromatic nitrogens is 2. The fourth-order valence-electron chi connectivity index (χ4n) is 2.66. The molecule has 3 heterocycles. The van der Waals surface area contributed by atoms with Crippen molar-refractivity contribution >= 4 is 27.3 Å². The van der Waals surface area contributed by atoms with Crippen LogP contribution in [-0.4, -0.2) is 28.1 Å². The molecular weight excluding hydrogens is 362 g/mol. The van der Waals surface area contributed by atoms with E-state index in [1.807, 2.05) is 23.6 Å². The Morgan fingerprint density at radius 3 is 2.95 bits per heavy atom. The first-order chi connectivity index (χ1) is 10.8. The highest BCUT2D eigenvalue weighted by Gasteiger charge is 2.32. The van der Waals surface area contributed by atoms with Crippen LogP contribution in [-0.2, 0) is 6.54 Å². The molecule has 1 aliphatic rings. The Hall–Kier alpha value is -1.50. The van der Waals surface area contributed by atoms with E-state index in [1.54, 1.807) is 11.3 Å². The lowest BCUT2D eigenvalue weighted by Crippen LogP contribution is -2.44. The summed E-state index contributed by atoms with van der Waals surface area (Å²) in [4.78, 5) is 7.97. The van der Waals surface area contributed by atoms with Crippen LogP contribution in [0.2, 0.25) is 0 Å². The fraction of sp³-hybridized carbons (Fsp3) is 0.250. The maximum Gasteiger partial charge on any atom is 0.232 e. The van der Waals surface area contributed by atoms with Crippen LogP contribution in [0.5, 0.6) is 0 Å². The molecule has 22 heavy (non-hydrogen) atoms. The van der Waals surface area contributed by atoms with Crippen molar-refractivity contribution in [3.05, 3.63) is 57.7 Å². The van der Waals surface area contributed by atoms with Gasteiger partial charge in [-0.05, 0) is 29.1 Å². The molecule has 1 aliphatic heterocycles. The van der Waals surface area contributed by atoms with Crippen molar-refractivity contribution in [2.45, 2.75) is 12.5 Å². The third-order valence-electron chi connectivity index (χ3n) is 3.78. The summed E-state index contributed by atoms with van der Waals surface area (Å²) in [5.41, 5.74) is 1.32. The first kappa shape index (κ1) is 14.1. The van der Waals surface area contributed by atoms with Gasteiger partial charge in [0, 0.05) is 24.1 Å². The molecule has 0 unspecified atom stereocenters. The minimum absolute atomic E-state index is 0.355. The van der Waals surface area contributed by atoms with Crippen molar-refractivity contribution in [2.75, 3.05) is 13.1 Å². The van der Waals surface area contributed by atoms with Crippen LogP contribution in [0.3, 0.4) is 0 Å². The minimum atomic E-state index is 0.355. The Morgan fingerprint density at radius 1 is 1.27 bits per heavy atom. The van der Waals surface area contributed by atoms with Crippen molar-refractivity contribution in [3.63, 3.8) is 0 Å². The molecule has 2 aromatic heterocycles. The van der Waals surface area contributed by atoms with Gasteiger partial charge in [-0.3, -0.25) is 4.90 Å². The van der Waals surface area contributed by atoms with E-state index in [4.69, 9.17) is 4.52 Å². The van der Waals surface area contributed by atoms with Crippen LogP contribution in [0.15, 0.2) is 50.8 Å². The molecule has 0 amide bonds. The van der Waals surface area contributed by atoms with E-state index in [0.29, 0.717) is 11.7 Å². The molecule has 0 N–H and O–H groups in total. The first-order valence-electron chi connectivity index (χ1n) is 7.12. The highest BCUT2D eigenvalue weighted by atomic mass is 79.9. The zero-order chi connectivity index (χ0) is 14.9. The van der Waals surface area contributed by atoms with Gasteiger partial charge in [0.05, 0.1) is 10.8 Å². The summed E-state index contributed by atoms with van der Waals surface area (Å²) < 4.78 is 6.55. The normalized spacial score (nSPS) is 15.9. The van der Waals surface area contributed by atoms with E-state index in [9.17, 15) is 0 Å². The largest absolute Gasteiger partial charge is 0.339 e. The molecule has 0 bridgehead atoms. The Bertz CT molecular complexity index is 765. The molecule has 0 saturated carbocycles. The van der Waals surface area contributed by atoms with Crippen molar-refractivity contribution in [1.82, 2.24) is 15.0 Å². The minimum Gasteiger partial charge on any atom is -0.339 e. The molecule has 4 nitrogen and oxygen atoms in total. The SMILES string of the molecule is Brc1cccc(CN2CC(c3nc(-c4cccs4)no3)C2)c1. The van der Waals surface area contributed by atoms with E-state index >= 15 is 0 Å². The number of thiophene rings is 1. The molecule has 3 aromatic rings. The second-order valence-corrected chi connectivity index (χ2v) is 7.32. The van der Waals surface area contributed by atoms with Crippen LogP contribution in [0.1, 0.15) is 17.4 Å². The Morgan fingerprint density at radius 2 is 2.18 bits per heavy atom. The molecule has 1 aromatic carbocycles. The van der Waals surface area contributed by atoms with E-state index in [2.05, 4.69) is 49.2 Å². The first-order valence-corrected chi connectivity index (χ1v) is 8.79. The third kappa shape index (κ3) is 2.86. The van der Waals surface area contributed by atoms with Crippen molar-refractivity contribution in [2.24, 2.45) is 0 Å². The molecule has 1 saturated heterocycles. The van der Waals surface area contributed by atoms with E-state index < -0.39 is 0 Å². The number of hydrogen-bond acceptors (Lipinski definition) is 5. The molecule has 0 aliphatic carbocycles. The molecule has 0 spiro atoms. The quantitative estimate of drug-likeness (QED) is 0.686. The van der Waals surface area contributed by atoms with Crippen LogP contribution in [0.25, 0.3) is 10.7 Å². The van der Waals surface area contributed by atoms with Gasteiger partial charge in [0.2, 0.25) is 11.7 Å². The summed E-state index contributed by atoms with van der Waals surface area (Å²) in [6.45, 7) is 2.90. The van der Waals surface area contributed by atoms with Crippen molar-refractivity contribution < 1.29 is 4.52 Å². The predicted molar refractivity (Wildman–Crippen MR) is 89.8 cm³/mol. The summed E-state index contributed by atoms with van der Waals surface area (Å²) in [7, 11) is 0. The third-order valence-corrected chi connectivity index (χ3v) is 5.14. The van der Waals surface area contributed by atoms with Gasteiger partial charge in [0.1, 0.15) is 0 Å². The molecular formula is C16H14BrN3OS. The smallest absolute Gasteiger partial charge is 0.232 e. The number of benzene rings is 1. The lowest BCUT2D eigenvalue weighted by atomic mass is 9.99. The van der Waals surface area contributed by atoms with Crippen molar-refractivity contribution in [3.8, 4) is 10.7 Å². The summed E-state index contributed by atoms with van der Waals surface area (Å²) in [6.07, 6.45) is 0. The van der Waals surface area contributed by atoms with Gasteiger partial charge in [-0.1, -0.05) is 39.3 Å². The molecule has 6 heteroatoms. The Balaban J connectivity index is 1.37. The van der Waals surface area contributed by atoms with Crippen molar-refractivity contribution in [1.29, 1.82) is 0 Å².